The lowest BCUT2D eigenvalue weighted by Crippen LogP contribution is -2.19. The lowest BCUT2D eigenvalue weighted by molar-refractivity contribution is 0.303. The Morgan fingerprint density at radius 1 is 1.00 bits per heavy atom. The van der Waals surface area contributed by atoms with Crippen LogP contribution in [0.15, 0.2) is 42.5 Å². The molecule has 3 rings (SSSR count). The van der Waals surface area contributed by atoms with E-state index in [1.165, 1.54) is 35.1 Å². The molecule has 21 heavy (non-hydrogen) atoms. The molecule has 1 N–H and O–H groups in total. The van der Waals surface area contributed by atoms with Crippen molar-refractivity contribution in [2.24, 2.45) is 0 Å². The van der Waals surface area contributed by atoms with Gasteiger partial charge in [-0.2, -0.15) is 0 Å². The highest BCUT2D eigenvalue weighted by Crippen LogP contribution is 2.30. The lowest BCUT2D eigenvalue weighted by Gasteiger charge is -2.22. The number of ether oxygens (including phenoxy) is 1. The minimum Gasteiger partial charge on any atom is -0.490 e. The van der Waals surface area contributed by atoms with Gasteiger partial charge in [0.1, 0.15) is 5.75 Å². The van der Waals surface area contributed by atoms with Crippen LogP contribution in [0.3, 0.4) is 0 Å². The Hall–Kier alpha value is -1.80. The molecule has 1 fully saturated rings. The fraction of sp³-hybridized carbons (Fsp3) is 0.368. The lowest BCUT2D eigenvalue weighted by atomic mass is 9.91. The molecule has 0 saturated heterocycles. The molecule has 2 heteroatoms. The molecule has 0 aromatic heterocycles. The Bertz CT molecular complexity index is 594. The normalized spacial score (nSPS) is 15.8. The highest BCUT2D eigenvalue weighted by Gasteiger charge is 2.23. The third-order valence-corrected chi connectivity index (χ3v) is 4.16. The van der Waals surface area contributed by atoms with E-state index in [4.69, 9.17) is 4.74 Å². The van der Waals surface area contributed by atoms with Crippen LogP contribution >= 0.6 is 0 Å². The molecule has 0 amide bonds. The molecular weight excluding hydrogens is 258 g/mol. The first kappa shape index (κ1) is 14.2. The molecule has 2 aromatic rings. The standard InChI is InChI=1S/C19H23NO/c1-13-5-4-6-14(2)18(13)19(20-3)15-7-9-16(10-8-15)21-17-11-12-17/h4-10,17,19-20H,11-12H2,1-3H3. The first-order valence-electron chi connectivity index (χ1n) is 7.69. The van der Waals surface area contributed by atoms with Crippen molar-refractivity contribution in [3.63, 3.8) is 0 Å². The highest BCUT2D eigenvalue weighted by atomic mass is 16.5. The summed E-state index contributed by atoms with van der Waals surface area (Å²) in [6.45, 7) is 4.36. The largest absolute Gasteiger partial charge is 0.490 e. The molecule has 1 saturated carbocycles. The molecular formula is C19H23NO. The molecule has 0 heterocycles. The van der Waals surface area contributed by atoms with Crippen LogP contribution in [0, 0.1) is 13.8 Å². The van der Waals surface area contributed by atoms with Crippen molar-refractivity contribution in [2.45, 2.75) is 38.8 Å². The van der Waals surface area contributed by atoms with E-state index in [1.807, 2.05) is 7.05 Å². The maximum Gasteiger partial charge on any atom is 0.119 e. The molecule has 0 bridgehead atoms. The Kier molecular flexibility index (Phi) is 3.98. The van der Waals surface area contributed by atoms with Crippen molar-refractivity contribution in [3.05, 3.63) is 64.7 Å². The maximum atomic E-state index is 5.83. The predicted octanol–water partition coefficient (Wildman–Crippen LogP) is 4.15. The monoisotopic (exact) mass is 281 g/mol. The van der Waals surface area contributed by atoms with Crippen LogP contribution in [-0.2, 0) is 0 Å². The molecule has 110 valence electrons. The van der Waals surface area contributed by atoms with Crippen molar-refractivity contribution < 1.29 is 4.74 Å². The van der Waals surface area contributed by atoms with Crippen LogP contribution in [0.1, 0.15) is 41.1 Å². The van der Waals surface area contributed by atoms with E-state index in [0.717, 1.165) is 5.75 Å². The molecule has 1 aliphatic rings. The quantitative estimate of drug-likeness (QED) is 0.889. The summed E-state index contributed by atoms with van der Waals surface area (Å²) < 4.78 is 5.83. The number of hydrogen-bond acceptors (Lipinski definition) is 2. The summed E-state index contributed by atoms with van der Waals surface area (Å²) in [6.07, 6.45) is 2.85. The second kappa shape index (κ2) is 5.90. The Balaban J connectivity index is 1.88. The van der Waals surface area contributed by atoms with E-state index in [9.17, 15) is 0 Å². The van der Waals surface area contributed by atoms with Crippen LogP contribution < -0.4 is 10.1 Å². The highest BCUT2D eigenvalue weighted by molar-refractivity contribution is 5.43. The van der Waals surface area contributed by atoms with Gasteiger partial charge in [-0.25, -0.2) is 0 Å². The minimum atomic E-state index is 0.223. The van der Waals surface area contributed by atoms with Gasteiger partial charge < -0.3 is 10.1 Å². The average molecular weight is 281 g/mol. The van der Waals surface area contributed by atoms with Gasteiger partial charge in [-0.15, -0.1) is 0 Å². The molecule has 1 aliphatic carbocycles. The van der Waals surface area contributed by atoms with Gasteiger partial charge in [0, 0.05) is 0 Å². The minimum absolute atomic E-state index is 0.223. The smallest absolute Gasteiger partial charge is 0.119 e. The second-order valence-electron chi connectivity index (χ2n) is 5.91. The summed E-state index contributed by atoms with van der Waals surface area (Å²) in [5.41, 5.74) is 5.30. The van der Waals surface area contributed by atoms with Gasteiger partial charge in [0.15, 0.2) is 0 Å². The Labute approximate surface area is 127 Å². The molecule has 0 spiro atoms. The van der Waals surface area contributed by atoms with E-state index in [2.05, 4.69) is 61.6 Å². The van der Waals surface area contributed by atoms with E-state index in [0.29, 0.717) is 6.10 Å². The molecule has 1 unspecified atom stereocenters. The summed E-state index contributed by atoms with van der Waals surface area (Å²) >= 11 is 0. The number of hydrogen-bond donors (Lipinski definition) is 1. The first-order valence-corrected chi connectivity index (χ1v) is 7.69. The molecule has 1 atom stereocenters. The summed E-state index contributed by atoms with van der Waals surface area (Å²) in [5.74, 6) is 0.984. The number of rotatable bonds is 5. The van der Waals surface area contributed by atoms with Gasteiger partial charge in [0.05, 0.1) is 12.1 Å². The van der Waals surface area contributed by atoms with Crippen molar-refractivity contribution >= 4 is 0 Å². The molecule has 0 radical (unpaired) electrons. The maximum absolute atomic E-state index is 5.83. The van der Waals surface area contributed by atoms with Crippen molar-refractivity contribution in [3.8, 4) is 5.75 Å². The van der Waals surface area contributed by atoms with Crippen LogP contribution in [0.5, 0.6) is 5.75 Å². The third-order valence-electron chi connectivity index (χ3n) is 4.16. The zero-order chi connectivity index (χ0) is 14.8. The Morgan fingerprint density at radius 2 is 1.62 bits per heavy atom. The number of nitrogens with one attached hydrogen (secondary N) is 1. The summed E-state index contributed by atoms with van der Waals surface area (Å²) in [7, 11) is 2.02. The van der Waals surface area contributed by atoms with E-state index < -0.39 is 0 Å². The zero-order valence-corrected chi connectivity index (χ0v) is 13.0. The fourth-order valence-corrected chi connectivity index (χ4v) is 2.88. The first-order chi connectivity index (χ1) is 10.2. The average Bonchev–Trinajstić information content (AvgIpc) is 3.28. The summed E-state index contributed by atoms with van der Waals surface area (Å²) in [4.78, 5) is 0. The Morgan fingerprint density at radius 3 is 2.14 bits per heavy atom. The van der Waals surface area contributed by atoms with Gasteiger partial charge in [0.2, 0.25) is 0 Å². The van der Waals surface area contributed by atoms with Gasteiger partial charge >= 0.3 is 0 Å². The SMILES string of the molecule is CNC(c1ccc(OC2CC2)cc1)c1c(C)cccc1C. The zero-order valence-electron chi connectivity index (χ0n) is 13.0. The van der Waals surface area contributed by atoms with Gasteiger partial charge in [-0.1, -0.05) is 30.3 Å². The third kappa shape index (κ3) is 3.11. The van der Waals surface area contributed by atoms with Gasteiger partial charge in [0.25, 0.3) is 0 Å². The van der Waals surface area contributed by atoms with Crippen molar-refractivity contribution in [2.75, 3.05) is 7.05 Å². The molecule has 0 aliphatic heterocycles. The summed E-state index contributed by atoms with van der Waals surface area (Å²) in [5, 5.41) is 3.45. The number of aryl methyl sites for hydroxylation is 2. The summed E-state index contributed by atoms with van der Waals surface area (Å²) in [6, 6.07) is 15.2. The van der Waals surface area contributed by atoms with E-state index >= 15 is 0 Å². The fourth-order valence-electron chi connectivity index (χ4n) is 2.88. The van der Waals surface area contributed by atoms with Crippen LogP contribution in [0.4, 0.5) is 0 Å². The van der Waals surface area contributed by atoms with Crippen molar-refractivity contribution in [1.29, 1.82) is 0 Å². The molecule has 2 nitrogen and oxygen atoms in total. The van der Waals surface area contributed by atoms with Gasteiger partial charge in [-0.3, -0.25) is 0 Å². The van der Waals surface area contributed by atoms with Crippen LogP contribution in [0.2, 0.25) is 0 Å². The topological polar surface area (TPSA) is 21.3 Å². The molecule has 2 aromatic carbocycles. The second-order valence-corrected chi connectivity index (χ2v) is 5.91. The number of benzene rings is 2. The van der Waals surface area contributed by atoms with Gasteiger partial charge in [-0.05, 0) is 68.1 Å². The van der Waals surface area contributed by atoms with Crippen molar-refractivity contribution in [1.82, 2.24) is 5.32 Å². The van der Waals surface area contributed by atoms with E-state index in [-0.39, 0.29) is 6.04 Å². The van der Waals surface area contributed by atoms with Crippen LogP contribution in [0.25, 0.3) is 0 Å². The predicted molar refractivity (Wildman–Crippen MR) is 86.9 cm³/mol. The van der Waals surface area contributed by atoms with Crippen LogP contribution in [-0.4, -0.2) is 13.2 Å². The van der Waals surface area contributed by atoms with E-state index in [1.54, 1.807) is 0 Å².